The van der Waals surface area contributed by atoms with Gasteiger partial charge in [0.15, 0.2) is 0 Å². The number of aliphatic hydroxyl groups excluding tert-OH is 2. The monoisotopic (exact) mass is 1740 g/mol. The zero-order valence-electron chi connectivity index (χ0n) is 71.5. The minimum Gasteiger partial charge on any atom is -0.394 e. The normalized spacial score (nSPS) is 13.2. The second kappa shape index (κ2) is 80.7. The number of aliphatic hydroxyl groups is 2. The molecule has 0 aromatic heterocycles. The van der Waals surface area contributed by atoms with Crippen LogP contribution in [0.2, 0.25) is 0 Å². The van der Waals surface area contributed by atoms with Crippen LogP contribution in [0, 0.1) is 11.8 Å². The molecule has 0 bridgehead atoms. The Kier molecular flexibility index (Phi) is 76.2. The molecule has 0 radical (unpaired) electrons. The Morgan fingerprint density at radius 2 is 0.525 bits per heavy atom. The van der Waals surface area contributed by atoms with E-state index in [1.807, 2.05) is 27.7 Å². The molecule has 11 amide bonds. The molecular weight excluding hydrogens is 1590 g/mol. The summed E-state index contributed by atoms with van der Waals surface area (Å²) in [7, 11) is 0. The molecule has 44 nitrogen and oxygen atoms in total. The van der Waals surface area contributed by atoms with Crippen molar-refractivity contribution < 1.29 is 148 Å². The lowest BCUT2D eigenvalue weighted by atomic mass is 10.0. The molecule has 7 atom stereocenters. The lowest BCUT2D eigenvalue weighted by Crippen LogP contribution is -2.55. The topological polar surface area (TPSA) is 593 Å². The first-order valence-corrected chi connectivity index (χ1v) is 41.2. The molecule has 0 aliphatic carbocycles. The third kappa shape index (κ3) is 71.8. The highest BCUT2D eigenvalue weighted by Crippen LogP contribution is 2.05. The van der Waals surface area contributed by atoms with Crippen LogP contribution >= 0.6 is 0 Å². The summed E-state index contributed by atoms with van der Waals surface area (Å²) in [6.45, 7) is 21.1. The van der Waals surface area contributed by atoms with Gasteiger partial charge in [-0.2, -0.15) is 0 Å². The fraction of sp³-hybridized carbons (Fsp3) is 0.855. The van der Waals surface area contributed by atoms with Crippen molar-refractivity contribution in [1.82, 2.24) is 53.2 Å². The summed E-state index contributed by atoms with van der Waals surface area (Å²) in [5.74, 6) is -5.73. The van der Waals surface area contributed by atoms with Crippen LogP contribution in [-0.4, -0.2) is 401 Å². The summed E-state index contributed by atoms with van der Waals surface area (Å²) in [4.78, 5) is 135. The molecule has 0 rings (SSSR count). The Hall–Kier alpha value is -6.71. The van der Waals surface area contributed by atoms with Crippen molar-refractivity contribution in [2.45, 2.75) is 129 Å². The van der Waals surface area contributed by atoms with Gasteiger partial charge in [0.25, 0.3) is 0 Å². The fourth-order valence-corrected chi connectivity index (χ4v) is 9.66. The second-order valence-corrected chi connectivity index (χ2v) is 27.4. The van der Waals surface area contributed by atoms with Gasteiger partial charge in [-0.25, -0.2) is 0 Å². The molecule has 0 spiro atoms. The van der Waals surface area contributed by atoms with Crippen LogP contribution in [0.15, 0.2) is 0 Å². The summed E-state index contributed by atoms with van der Waals surface area (Å²) in [6.07, 6.45) is 2.54. The number of primary amides is 1. The molecule has 0 unspecified atom stereocenters. The molecule has 0 aliphatic rings. The van der Waals surface area contributed by atoms with E-state index in [-0.39, 0.29) is 109 Å². The first-order valence-electron chi connectivity index (χ1n) is 41.2. The molecule has 0 aromatic rings. The number of carbonyl (C=O) groups is 11. The molecule has 0 fully saturated rings. The van der Waals surface area contributed by atoms with E-state index in [0.717, 1.165) is 0 Å². The second-order valence-electron chi connectivity index (χ2n) is 27.4. The van der Waals surface area contributed by atoms with Gasteiger partial charge in [-0.1, -0.05) is 27.7 Å². The number of nitrogens with one attached hydrogen (secondary N) is 10. The van der Waals surface area contributed by atoms with Crippen LogP contribution in [0.3, 0.4) is 0 Å². The Morgan fingerprint density at radius 1 is 0.267 bits per heavy atom. The predicted molar refractivity (Wildman–Crippen MR) is 432 cm³/mol. The van der Waals surface area contributed by atoms with Crippen LogP contribution in [0.5, 0.6) is 0 Å². The van der Waals surface area contributed by atoms with Crippen molar-refractivity contribution in [1.29, 1.82) is 0 Å². The van der Waals surface area contributed by atoms with E-state index in [2.05, 4.69) is 53.2 Å². The number of hydrogen-bond donors (Lipinski definition) is 15. The highest BCUT2D eigenvalue weighted by Gasteiger charge is 2.27. The zero-order chi connectivity index (χ0) is 88.7. The fourth-order valence-electron chi connectivity index (χ4n) is 9.66. The molecule has 0 saturated carbocycles. The highest BCUT2D eigenvalue weighted by atomic mass is 16.6. The maximum atomic E-state index is 12.5. The Bertz CT molecular complexity index is 2640. The number of rotatable bonds is 87. The minimum atomic E-state index is -1.26. The van der Waals surface area contributed by atoms with E-state index in [4.69, 9.17) is 102 Å². The van der Waals surface area contributed by atoms with Crippen LogP contribution < -0.4 is 70.4 Å². The van der Waals surface area contributed by atoms with Crippen molar-refractivity contribution in [3.05, 3.63) is 0 Å². The first-order chi connectivity index (χ1) is 57.9. The maximum Gasteiger partial charge on any atom is 0.245 e. The largest absolute Gasteiger partial charge is 0.394 e. The third-order valence-corrected chi connectivity index (χ3v) is 16.1. The van der Waals surface area contributed by atoms with E-state index in [1.165, 1.54) is 13.8 Å². The number of hydrogen-bond acceptors (Lipinski definition) is 33. The summed E-state index contributed by atoms with van der Waals surface area (Å²) < 4.78 is 98.8. The van der Waals surface area contributed by atoms with Gasteiger partial charge in [-0.15, -0.1) is 0 Å². The van der Waals surface area contributed by atoms with Gasteiger partial charge in [0, 0.05) is 32.5 Å². The van der Waals surface area contributed by atoms with Crippen LogP contribution in [0.25, 0.3) is 0 Å². The molecule has 700 valence electrons. The van der Waals surface area contributed by atoms with Gasteiger partial charge in [0.2, 0.25) is 65.0 Å². The molecule has 120 heavy (non-hydrogen) atoms. The predicted octanol–water partition coefficient (Wildman–Crippen LogP) is -6.50. The lowest BCUT2D eigenvalue weighted by molar-refractivity contribution is -0.132. The average Bonchev–Trinajstić information content (AvgIpc) is 0.900. The summed E-state index contributed by atoms with van der Waals surface area (Å²) >= 11 is 0. The van der Waals surface area contributed by atoms with Crippen molar-refractivity contribution in [3.8, 4) is 0 Å². The van der Waals surface area contributed by atoms with E-state index < -0.39 is 109 Å². The molecule has 0 aromatic carbocycles. The van der Waals surface area contributed by atoms with Crippen molar-refractivity contribution >= 4 is 65.0 Å². The summed E-state index contributed by atoms with van der Waals surface area (Å²) in [6, 6.07) is -7.00. The summed E-state index contributed by atoms with van der Waals surface area (Å²) in [5, 5.41) is 44.3. The van der Waals surface area contributed by atoms with Gasteiger partial charge in [-0.3, -0.25) is 52.7 Å². The number of unbranched alkanes of at least 4 members (excludes halogenated alkanes) is 1. The number of amides is 11. The first kappa shape index (κ1) is 113. The standard InChI is InChI=1S/C76H145N13O31/c1-57(2)51-61(77)73(99)83-53-68(94)85-59(5)71(97)88-64(55-90)75(101)81-13-17-105-21-25-109-29-33-113-37-41-117-45-49-119-47-43-115-39-35-111-31-27-107-23-19-103-15-10-66(92)80-12-8-7-9-63(70(79)96)87-67(93)11-16-104-20-24-108-28-32-112-36-40-116-44-48-120-50-46-118-42-38-114-34-30-110-26-22-106-18-14-82-76(102)65(56-91)89-72(98)60(6)86-69(95)54-84-74(100)62(78)52-58(3)4/h57-65,90-91H,7-56,77-78H2,1-6H3,(H2,79,96)(H,80,92)(H,81,101)(H,82,102)(H,83,99)(H,84,100)(H,85,94)(H,86,95)(H,87,93)(H,88,97)(H,89,98)/t59-,60-,61-,62-,63+,64-,65-/m1/s1. The highest BCUT2D eigenvalue weighted by molar-refractivity contribution is 5.94. The minimum absolute atomic E-state index is 0.0327. The lowest BCUT2D eigenvalue weighted by Gasteiger charge is -2.20. The quantitative estimate of drug-likeness (QED) is 0.0252. The zero-order valence-corrected chi connectivity index (χ0v) is 71.5. The summed E-state index contributed by atoms with van der Waals surface area (Å²) in [5.41, 5.74) is 17.1. The van der Waals surface area contributed by atoms with E-state index in [9.17, 15) is 63.0 Å². The Balaban J connectivity index is 3.57. The number of ether oxygens (including phenoxy) is 18. The Morgan fingerprint density at radius 3 is 0.783 bits per heavy atom. The smallest absolute Gasteiger partial charge is 0.245 e. The number of nitrogens with two attached hydrogens (primary N) is 3. The van der Waals surface area contributed by atoms with Gasteiger partial charge in [-0.05, 0) is 57.8 Å². The number of carbonyl (C=O) groups excluding carboxylic acids is 11. The van der Waals surface area contributed by atoms with Gasteiger partial charge < -0.3 is 166 Å². The van der Waals surface area contributed by atoms with Crippen molar-refractivity contribution in [3.63, 3.8) is 0 Å². The maximum absolute atomic E-state index is 12.5. The van der Waals surface area contributed by atoms with Gasteiger partial charge in [0.1, 0.15) is 30.2 Å². The van der Waals surface area contributed by atoms with E-state index in [0.29, 0.717) is 230 Å². The van der Waals surface area contributed by atoms with Crippen LogP contribution in [0.4, 0.5) is 0 Å². The van der Waals surface area contributed by atoms with E-state index in [1.54, 1.807) is 0 Å². The van der Waals surface area contributed by atoms with Gasteiger partial charge in [0.05, 0.1) is 276 Å². The molecule has 0 aliphatic heterocycles. The average molecular weight is 1740 g/mol. The SMILES string of the molecule is CC(C)C[C@@H](N)C(=O)NCC(=O)N[C@H](C)C(=O)N[C@H](CO)C(=O)NCCOCCOCCOCCOCCOCCOCCOCCOCCOCCC(=O)NCCCC[C@H](NC(=O)CCOCCOCCOCCOCCOCCOCCOCCOCCOCCNC(=O)[C@@H](CO)NC(=O)[C@@H](C)NC(=O)CNC(=O)[C@H](N)CC(C)C)C(N)=O. The van der Waals surface area contributed by atoms with Gasteiger partial charge >= 0.3 is 0 Å². The molecule has 18 N–H and O–H groups in total. The molecule has 44 heteroatoms. The molecular formula is C76H145N13O31. The van der Waals surface area contributed by atoms with Crippen LogP contribution in [0.1, 0.15) is 86.5 Å². The van der Waals surface area contributed by atoms with Crippen molar-refractivity contribution in [2.75, 3.05) is 284 Å². The Labute approximate surface area is 705 Å². The molecule has 0 heterocycles. The van der Waals surface area contributed by atoms with Crippen LogP contribution in [-0.2, 0) is 138 Å². The van der Waals surface area contributed by atoms with Crippen molar-refractivity contribution in [2.24, 2.45) is 29.0 Å². The van der Waals surface area contributed by atoms with E-state index >= 15 is 0 Å². The third-order valence-electron chi connectivity index (χ3n) is 16.1. The molecule has 0 saturated heterocycles.